The predicted octanol–water partition coefficient (Wildman–Crippen LogP) is 6.22. The number of nitrogens with zero attached hydrogens (tertiary/aromatic N) is 4. The molecule has 0 radical (unpaired) electrons. The number of amides is 1. The predicted molar refractivity (Wildman–Crippen MR) is 121 cm³/mol. The average molecular weight is 435 g/mol. The van der Waals surface area contributed by atoms with Gasteiger partial charge in [-0.3, -0.25) is 4.90 Å². The van der Waals surface area contributed by atoms with E-state index in [0.29, 0.717) is 17.3 Å². The van der Waals surface area contributed by atoms with Gasteiger partial charge >= 0.3 is 6.09 Å². The van der Waals surface area contributed by atoms with E-state index in [9.17, 15) is 4.79 Å². The molecule has 2 heterocycles. The lowest BCUT2D eigenvalue weighted by Gasteiger charge is -2.43. The van der Waals surface area contributed by atoms with Gasteiger partial charge in [0.05, 0.1) is 30.5 Å². The van der Waals surface area contributed by atoms with Crippen molar-refractivity contribution in [2.45, 2.75) is 44.8 Å². The number of carbonyl (C=O) groups is 1. The lowest BCUT2D eigenvalue weighted by atomic mass is 9.68. The fraction of sp³-hybridized carbons (Fsp3) is 0.375. The summed E-state index contributed by atoms with van der Waals surface area (Å²) in [6.45, 7) is 10.9. The van der Waals surface area contributed by atoms with Gasteiger partial charge < -0.3 is 9.30 Å². The smallest absolute Gasteiger partial charge is 0.415 e. The van der Waals surface area contributed by atoms with Gasteiger partial charge in [-0.2, -0.15) is 0 Å². The normalized spacial score (nSPS) is 25.7. The van der Waals surface area contributed by atoms with E-state index in [1.54, 1.807) is 23.1 Å². The number of hydrogen-bond donors (Lipinski definition) is 0. The van der Waals surface area contributed by atoms with Crippen molar-refractivity contribution in [3.63, 3.8) is 0 Å². The molecule has 0 N–H and O–H groups in total. The maximum Gasteiger partial charge on any atom is 0.415 e. The van der Waals surface area contributed by atoms with Gasteiger partial charge in [0, 0.05) is 17.3 Å². The van der Waals surface area contributed by atoms with Crippen LogP contribution in [0.3, 0.4) is 0 Å². The second-order valence-corrected chi connectivity index (χ2v) is 9.55. The highest BCUT2D eigenvalue weighted by Gasteiger charge is 2.51. The molecule has 5 rings (SSSR count). The summed E-state index contributed by atoms with van der Waals surface area (Å²) >= 11 is 6.14. The molecular formula is C24H23ClN4O2. The molecule has 3 aromatic rings. The molecule has 1 aliphatic heterocycles. The van der Waals surface area contributed by atoms with Crippen LogP contribution in [0.25, 0.3) is 15.9 Å². The van der Waals surface area contributed by atoms with Crippen LogP contribution in [0.5, 0.6) is 0 Å². The molecule has 1 saturated heterocycles. The number of ether oxygens (including phenoxy) is 1. The Morgan fingerprint density at radius 3 is 2.94 bits per heavy atom. The summed E-state index contributed by atoms with van der Waals surface area (Å²) in [5, 5.41) is 0.602. The topological polar surface area (TPSA) is 51.7 Å². The van der Waals surface area contributed by atoms with E-state index < -0.39 is 5.60 Å². The number of hydrogen-bond acceptors (Lipinski definition) is 3. The number of aromatic nitrogens is 2. The highest BCUT2D eigenvalue weighted by Crippen LogP contribution is 2.48. The van der Waals surface area contributed by atoms with E-state index in [2.05, 4.69) is 21.3 Å². The summed E-state index contributed by atoms with van der Waals surface area (Å²) in [6.07, 6.45) is 5.23. The highest BCUT2D eigenvalue weighted by molar-refractivity contribution is 6.30. The molecule has 2 fully saturated rings. The van der Waals surface area contributed by atoms with Crippen molar-refractivity contribution in [1.29, 1.82) is 0 Å². The Kier molecular flexibility index (Phi) is 4.67. The minimum Gasteiger partial charge on any atom is -0.441 e. The molecule has 158 valence electrons. The third-order valence-electron chi connectivity index (χ3n) is 6.54. The Morgan fingerprint density at radius 1 is 1.26 bits per heavy atom. The van der Waals surface area contributed by atoms with Crippen molar-refractivity contribution in [3.8, 4) is 0 Å². The van der Waals surface area contributed by atoms with Crippen molar-refractivity contribution in [3.05, 3.63) is 65.2 Å². The first kappa shape index (κ1) is 19.9. The largest absolute Gasteiger partial charge is 0.441 e. The molecule has 1 amide bonds. The van der Waals surface area contributed by atoms with Crippen LogP contribution in [0.2, 0.25) is 5.02 Å². The lowest BCUT2D eigenvalue weighted by molar-refractivity contribution is -0.0264. The number of benzene rings is 2. The Hall–Kier alpha value is -3.04. The molecule has 1 aliphatic carbocycles. The Bertz CT molecular complexity index is 1220. The van der Waals surface area contributed by atoms with Gasteiger partial charge in [0.1, 0.15) is 5.60 Å². The average Bonchev–Trinajstić information content (AvgIpc) is 3.27. The van der Waals surface area contributed by atoms with E-state index in [-0.39, 0.29) is 11.5 Å². The zero-order valence-electron chi connectivity index (χ0n) is 17.3. The molecule has 2 aromatic carbocycles. The van der Waals surface area contributed by atoms with Gasteiger partial charge in [-0.05, 0) is 61.4 Å². The summed E-state index contributed by atoms with van der Waals surface area (Å²) < 4.78 is 8.15. The zero-order valence-corrected chi connectivity index (χ0v) is 18.1. The second kappa shape index (κ2) is 7.28. The number of carbonyl (C=O) groups excluding carboxylic acids is 1. The van der Waals surface area contributed by atoms with Crippen LogP contribution in [-0.4, -0.2) is 27.8 Å². The van der Waals surface area contributed by atoms with Gasteiger partial charge in [0.25, 0.3) is 0 Å². The van der Waals surface area contributed by atoms with Crippen LogP contribution >= 0.6 is 11.6 Å². The van der Waals surface area contributed by atoms with Gasteiger partial charge in [0.2, 0.25) is 0 Å². The van der Waals surface area contributed by atoms with Gasteiger partial charge in [0.15, 0.2) is 5.69 Å². The van der Waals surface area contributed by atoms with Crippen molar-refractivity contribution in [1.82, 2.24) is 9.55 Å². The number of fused-ring (bicyclic) bond motifs is 1. The molecule has 0 bridgehead atoms. The van der Waals surface area contributed by atoms with Gasteiger partial charge in [-0.15, -0.1) is 0 Å². The summed E-state index contributed by atoms with van der Waals surface area (Å²) in [4.78, 5) is 22.5. The summed E-state index contributed by atoms with van der Waals surface area (Å²) in [7, 11) is 0. The van der Waals surface area contributed by atoms with Crippen molar-refractivity contribution >= 4 is 40.1 Å². The fourth-order valence-electron chi connectivity index (χ4n) is 5.27. The molecule has 6 nitrogen and oxygen atoms in total. The van der Waals surface area contributed by atoms with E-state index in [4.69, 9.17) is 22.9 Å². The quantitative estimate of drug-likeness (QED) is 0.460. The second-order valence-electron chi connectivity index (χ2n) is 9.12. The third-order valence-corrected chi connectivity index (χ3v) is 6.77. The minimum absolute atomic E-state index is 0.0510. The first-order valence-corrected chi connectivity index (χ1v) is 10.9. The van der Waals surface area contributed by atoms with Crippen molar-refractivity contribution in [2.75, 3.05) is 11.4 Å². The SMILES string of the molecule is [C-]#[N+]c1ccc2ncn(C[C@@]3(C)CCC[C@@]4(CN(c5cccc(Cl)c5)C(=O)O4)C3)c2c1. The van der Waals surface area contributed by atoms with E-state index in [0.717, 1.165) is 48.9 Å². The molecule has 2 aliphatic rings. The highest BCUT2D eigenvalue weighted by atomic mass is 35.5. The molecule has 31 heavy (non-hydrogen) atoms. The lowest BCUT2D eigenvalue weighted by Crippen LogP contribution is -2.45. The first-order chi connectivity index (χ1) is 14.9. The van der Waals surface area contributed by atoms with Crippen LogP contribution in [0.4, 0.5) is 16.2 Å². The van der Waals surface area contributed by atoms with Crippen LogP contribution in [-0.2, 0) is 11.3 Å². The molecule has 1 spiro atoms. The van der Waals surface area contributed by atoms with Crippen LogP contribution in [0.15, 0.2) is 48.8 Å². The maximum atomic E-state index is 12.8. The molecule has 0 unspecified atom stereocenters. The van der Waals surface area contributed by atoms with Crippen molar-refractivity contribution in [2.24, 2.45) is 5.41 Å². The molecule has 1 aromatic heterocycles. The number of anilines is 1. The third kappa shape index (κ3) is 3.64. The number of rotatable bonds is 3. The monoisotopic (exact) mass is 434 g/mol. The van der Waals surface area contributed by atoms with E-state index in [1.165, 1.54) is 0 Å². The van der Waals surface area contributed by atoms with Gasteiger partial charge in [-0.1, -0.05) is 30.7 Å². The molecule has 2 atom stereocenters. The van der Waals surface area contributed by atoms with Crippen LogP contribution in [0.1, 0.15) is 32.6 Å². The summed E-state index contributed by atoms with van der Waals surface area (Å²) in [5.74, 6) is 0. The summed E-state index contributed by atoms with van der Waals surface area (Å²) in [6, 6.07) is 12.9. The Balaban J connectivity index is 1.40. The molecular weight excluding hydrogens is 412 g/mol. The van der Waals surface area contributed by atoms with E-state index in [1.807, 2.05) is 30.6 Å². The fourth-order valence-corrected chi connectivity index (χ4v) is 5.45. The zero-order chi connectivity index (χ0) is 21.6. The Labute approximate surface area is 186 Å². The maximum absolute atomic E-state index is 12.8. The number of halogens is 1. The van der Waals surface area contributed by atoms with Gasteiger partial charge in [-0.25, -0.2) is 14.6 Å². The number of imidazole rings is 1. The molecule has 7 heteroatoms. The molecule has 1 saturated carbocycles. The van der Waals surface area contributed by atoms with Crippen molar-refractivity contribution < 1.29 is 9.53 Å². The minimum atomic E-state index is -0.496. The Morgan fingerprint density at radius 2 is 2.13 bits per heavy atom. The van der Waals surface area contributed by atoms with E-state index >= 15 is 0 Å². The standard InChI is InChI=1S/C24H23ClN4O2/c1-23(14-28-16-27-20-8-7-18(26-2)12-21(20)28)9-4-10-24(13-23)15-29(22(30)31-24)19-6-3-5-17(25)11-19/h3,5-8,11-12,16H,4,9-10,13-15H2,1H3/t23-,24-/m0/s1. The van der Waals surface area contributed by atoms with Crippen LogP contribution in [0, 0.1) is 12.0 Å². The summed E-state index contributed by atoms with van der Waals surface area (Å²) in [5.41, 5.74) is 2.70. The van der Waals surface area contributed by atoms with Crippen LogP contribution < -0.4 is 4.90 Å². The first-order valence-electron chi connectivity index (χ1n) is 10.5.